The smallest absolute Gasteiger partial charge is 0.254 e. The quantitative estimate of drug-likeness (QED) is 0.723. The van der Waals surface area contributed by atoms with E-state index in [-0.39, 0.29) is 18.6 Å². The van der Waals surface area contributed by atoms with Gasteiger partial charge in [-0.2, -0.15) is 4.98 Å². The average Bonchev–Trinajstić information content (AvgIpc) is 3.30. The van der Waals surface area contributed by atoms with Gasteiger partial charge in [-0.25, -0.2) is 0 Å². The van der Waals surface area contributed by atoms with Gasteiger partial charge in [-0.1, -0.05) is 35.5 Å². The van der Waals surface area contributed by atoms with Gasteiger partial charge in [0.05, 0.1) is 5.92 Å². The summed E-state index contributed by atoms with van der Waals surface area (Å²) in [5.74, 6) is 2.44. The standard InChI is InChI=1S/C19H15N3O4/c23-19(13-6-7-15-16(8-13)25-11-24-15)22-9-14(10-22)18-20-17(21-26-18)12-4-2-1-3-5-12/h1-8,14H,9-11H2. The molecule has 0 aliphatic carbocycles. The van der Waals surface area contributed by atoms with Crippen molar-refractivity contribution in [1.82, 2.24) is 15.0 Å². The lowest BCUT2D eigenvalue weighted by Gasteiger charge is -2.37. The van der Waals surface area contributed by atoms with E-state index < -0.39 is 0 Å². The van der Waals surface area contributed by atoms with Crippen LogP contribution in [0.2, 0.25) is 0 Å². The third kappa shape index (κ3) is 2.48. The lowest BCUT2D eigenvalue weighted by Crippen LogP contribution is -2.48. The molecule has 0 saturated carbocycles. The van der Waals surface area contributed by atoms with Gasteiger partial charge in [0.1, 0.15) is 0 Å². The SMILES string of the molecule is O=C(c1ccc2c(c1)OCO2)N1CC(c2nc(-c3ccccc3)no2)C1. The second kappa shape index (κ2) is 5.87. The highest BCUT2D eigenvalue weighted by Crippen LogP contribution is 2.34. The molecule has 2 aliphatic heterocycles. The van der Waals surface area contributed by atoms with E-state index in [0.29, 0.717) is 41.9 Å². The number of ether oxygens (including phenoxy) is 2. The highest BCUT2D eigenvalue weighted by molar-refractivity contribution is 5.95. The number of amides is 1. The van der Waals surface area contributed by atoms with Crippen LogP contribution in [-0.2, 0) is 0 Å². The number of hydrogen-bond acceptors (Lipinski definition) is 6. The molecule has 1 fully saturated rings. The summed E-state index contributed by atoms with van der Waals surface area (Å²) < 4.78 is 16.0. The fourth-order valence-corrected chi connectivity index (χ4v) is 3.12. The topological polar surface area (TPSA) is 77.7 Å². The van der Waals surface area contributed by atoms with Gasteiger partial charge in [0.2, 0.25) is 18.5 Å². The van der Waals surface area contributed by atoms with Crippen molar-refractivity contribution >= 4 is 5.91 Å². The number of likely N-dealkylation sites (tertiary alicyclic amines) is 1. The molecule has 3 heterocycles. The first-order valence-corrected chi connectivity index (χ1v) is 8.36. The Bertz CT molecular complexity index is 964. The minimum atomic E-state index is -0.0395. The Balaban J connectivity index is 1.26. The van der Waals surface area contributed by atoms with E-state index in [2.05, 4.69) is 10.1 Å². The fraction of sp³-hybridized carbons (Fsp3) is 0.211. The van der Waals surface area contributed by atoms with Gasteiger partial charge in [-0.15, -0.1) is 0 Å². The zero-order chi connectivity index (χ0) is 17.5. The molecule has 1 amide bonds. The van der Waals surface area contributed by atoms with Gasteiger partial charge in [-0.05, 0) is 18.2 Å². The predicted molar refractivity (Wildman–Crippen MR) is 90.9 cm³/mol. The van der Waals surface area contributed by atoms with Crippen molar-refractivity contribution in [2.75, 3.05) is 19.9 Å². The third-order valence-corrected chi connectivity index (χ3v) is 4.61. The van der Waals surface area contributed by atoms with Crippen LogP contribution < -0.4 is 9.47 Å². The summed E-state index contributed by atoms with van der Waals surface area (Å²) in [5, 5.41) is 4.04. The van der Waals surface area contributed by atoms with E-state index in [1.54, 1.807) is 23.1 Å². The van der Waals surface area contributed by atoms with Crippen LogP contribution in [0.1, 0.15) is 22.2 Å². The van der Waals surface area contributed by atoms with Crippen LogP contribution >= 0.6 is 0 Å². The van der Waals surface area contributed by atoms with Gasteiger partial charge < -0.3 is 18.9 Å². The summed E-state index contributed by atoms with van der Waals surface area (Å²) in [6.45, 7) is 1.31. The van der Waals surface area contributed by atoms with Crippen molar-refractivity contribution in [3.8, 4) is 22.9 Å². The van der Waals surface area contributed by atoms with E-state index in [0.717, 1.165) is 5.56 Å². The van der Waals surface area contributed by atoms with E-state index in [9.17, 15) is 4.79 Å². The normalized spacial score (nSPS) is 15.8. The Kier molecular flexibility index (Phi) is 3.38. The fourth-order valence-electron chi connectivity index (χ4n) is 3.12. The Hall–Kier alpha value is -3.35. The molecule has 2 aliphatic rings. The van der Waals surface area contributed by atoms with Crippen LogP contribution in [0.15, 0.2) is 53.1 Å². The molecule has 0 radical (unpaired) electrons. The first kappa shape index (κ1) is 14.9. The van der Waals surface area contributed by atoms with Gasteiger partial charge in [0, 0.05) is 24.2 Å². The van der Waals surface area contributed by atoms with Crippen molar-refractivity contribution < 1.29 is 18.8 Å². The van der Waals surface area contributed by atoms with Gasteiger partial charge >= 0.3 is 0 Å². The van der Waals surface area contributed by atoms with Gasteiger partial charge in [0.25, 0.3) is 5.91 Å². The Morgan fingerprint density at radius 1 is 1.04 bits per heavy atom. The molecule has 0 atom stereocenters. The molecule has 0 spiro atoms. The number of carbonyl (C=O) groups excluding carboxylic acids is 1. The van der Waals surface area contributed by atoms with E-state index in [1.165, 1.54) is 0 Å². The lowest BCUT2D eigenvalue weighted by molar-refractivity contribution is 0.0569. The van der Waals surface area contributed by atoms with E-state index >= 15 is 0 Å². The van der Waals surface area contributed by atoms with Crippen LogP contribution in [0.4, 0.5) is 0 Å². The first-order chi connectivity index (χ1) is 12.8. The van der Waals surface area contributed by atoms with Crippen LogP contribution in [0, 0.1) is 0 Å². The zero-order valence-electron chi connectivity index (χ0n) is 13.8. The second-order valence-corrected chi connectivity index (χ2v) is 6.30. The second-order valence-electron chi connectivity index (χ2n) is 6.30. The molecule has 5 rings (SSSR count). The summed E-state index contributed by atoms with van der Waals surface area (Å²) in [7, 11) is 0. The summed E-state index contributed by atoms with van der Waals surface area (Å²) in [4.78, 5) is 18.8. The molecule has 0 bridgehead atoms. The van der Waals surface area contributed by atoms with Crippen molar-refractivity contribution in [2.45, 2.75) is 5.92 Å². The molecule has 1 saturated heterocycles. The summed E-state index contributed by atoms with van der Waals surface area (Å²) in [6, 6.07) is 14.9. The first-order valence-electron chi connectivity index (χ1n) is 8.36. The Labute approximate surface area is 149 Å². The molecule has 3 aromatic rings. The number of rotatable bonds is 3. The average molecular weight is 349 g/mol. The molecule has 2 aromatic carbocycles. The highest BCUT2D eigenvalue weighted by Gasteiger charge is 2.36. The monoisotopic (exact) mass is 349 g/mol. The zero-order valence-corrected chi connectivity index (χ0v) is 13.8. The molecular weight excluding hydrogens is 334 g/mol. The lowest BCUT2D eigenvalue weighted by atomic mass is 9.98. The van der Waals surface area contributed by atoms with Crippen molar-refractivity contribution in [1.29, 1.82) is 0 Å². The molecule has 130 valence electrons. The molecular formula is C19H15N3O4. The van der Waals surface area contributed by atoms with Gasteiger partial charge in [-0.3, -0.25) is 4.79 Å². The summed E-state index contributed by atoms with van der Waals surface area (Å²) in [6.07, 6.45) is 0. The van der Waals surface area contributed by atoms with Gasteiger partial charge in [0.15, 0.2) is 11.5 Å². The number of nitrogens with zero attached hydrogens (tertiary/aromatic N) is 3. The third-order valence-electron chi connectivity index (χ3n) is 4.61. The van der Waals surface area contributed by atoms with Crippen LogP contribution in [0.25, 0.3) is 11.4 Å². The maximum Gasteiger partial charge on any atom is 0.254 e. The maximum atomic E-state index is 12.6. The summed E-state index contributed by atoms with van der Waals surface area (Å²) in [5.41, 5.74) is 1.50. The Morgan fingerprint density at radius 2 is 1.85 bits per heavy atom. The minimum absolute atomic E-state index is 0.0395. The number of fused-ring (bicyclic) bond motifs is 1. The minimum Gasteiger partial charge on any atom is -0.454 e. The van der Waals surface area contributed by atoms with Crippen LogP contribution in [-0.4, -0.2) is 40.8 Å². The van der Waals surface area contributed by atoms with E-state index in [1.807, 2.05) is 30.3 Å². The molecule has 1 aromatic heterocycles. The van der Waals surface area contributed by atoms with Crippen LogP contribution in [0.5, 0.6) is 11.5 Å². The number of aromatic nitrogens is 2. The number of carbonyl (C=O) groups is 1. The maximum absolute atomic E-state index is 12.6. The van der Waals surface area contributed by atoms with Crippen molar-refractivity contribution in [3.05, 3.63) is 60.0 Å². The number of hydrogen-bond donors (Lipinski definition) is 0. The van der Waals surface area contributed by atoms with Crippen LogP contribution in [0.3, 0.4) is 0 Å². The Morgan fingerprint density at radius 3 is 2.69 bits per heavy atom. The molecule has 7 nitrogen and oxygen atoms in total. The molecule has 0 unspecified atom stereocenters. The van der Waals surface area contributed by atoms with E-state index in [4.69, 9.17) is 14.0 Å². The summed E-state index contributed by atoms with van der Waals surface area (Å²) >= 11 is 0. The van der Waals surface area contributed by atoms with Crippen molar-refractivity contribution in [2.24, 2.45) is 0 Å². The molecule has 0 N–H and O–H groups in total. The molecule has 7 heteroatoms. The molecule has 26 heavy (non-hydrogen) atoms. The predicted octanol–water partition coefficient (Wildman–Crippen LogP) is 2.70. The highest BCUT2D eigenvalue weighted by atomic mass is 16.7. The van der Waals surface area contributed by atoms with Crippen molar-refractivity contribution in [3.63, 3.8) is 0 Å². The number of benzene rings is 2. The largest absolute Gasteiger partial charge is 0.454 e.